The Bertz CT molecular complexity index is 170. The smallest absolute Gasteiger partial charge is 0.127 e. The van der Waals surface area contributed by atoms with Crippen molar-refractivity contribution in [1.82, 2.24) is 4.90 Å². The lowest BCUT2D eigenvalue weighted by molar-refractivity contribution is 0.402. The standard InChI is InChI=1S/C12H25NS2/c1-4-6-8-10-13(12(14)15-3)11-9-7-5-2/h15H,3-11H2,1-2H3. The van der Waals surface area contributed by atoms with Gasteiger partial charge in [-0.25, -0.2) is 0 Å². The van der Waals surface area contributed by atoms with Gasteiger partial charge in [0.25, 0.3) is 0 Å². The van der Waals surface area contributed by atoms with E-state index in [0.717, 1.165) is 28.8 Å². The van der Waals surface area contributed by atoms with Gasteiger partial charge in [-0.1, -0.05) is 57.6 Å². The zero-order chi connectivity index (χ0) is 11.5. The average molecular weight is 247 g/mol. The third-order valence-electron chi connectivity index (χ3n) is 2.47. The highest BCUT2D eigenvalue weighted by Gasteiger charge is 2.05. The molecule has 0 unspecified atom stereocenters. The molecule has 3 heteroatoms. The van der Waals surface area contributed by atoms with Gasteiger partial charge in [0.05, 0.1) is 0 Å². The largest absolute Gasteiger partial charge is 0.358 e. The summed E-state index contributed by atoms with van der Waals surface area (Å²) in [6.07, 6.45) is 7.69. The van der Waals surface area contributed by atoms with Crippen molar-refractivity contribution < 1.29 is 0 Å². The molecule has 0 radical (unpaired) electrons. The van der Waals surface area contributed by atoms with E-state index in [1.165, 1.54) is 38.5 Å². The fourth-order valence-electron chi connectivity index (χ4n) is 1.51. The summed E-state index contributed by atoms with van der Waals surface area (Å²) in [6.45, 7) is 6.72. The Balaban J connectivity index is 3.84. The first-order valence-electron chi connectivity index (χ1n) is 6.01. The second-order valence-electron chi connectivity index (χ2n) is 3.84. The van der Waals surface area contributed by atoms with Crippen LogP contribution >= 0.6 is 23.6 Å². The second-order valence-corrected chi connectivity index (χ2v) is 5.27. The molecule has 15 heavy (non-hydrogen) atoms. The Hall–Kier alpha value is 0.110. The van der Waals surface area contributed by atoms with Crippen LogP contribution in [-0.2, 0) is 0 Å². The molecule has 0 rings (SSSR count). The van der Waals surface area contributed by atoms with Gasteiger partial charge < -0.3 is 4.90 Å². The number of hydrogen-bond donors (Lipinski definition) is 1. The van der Waals surface area contributed by atoms with E-state index in [1.54, 1.807) is 0 Å². The van der Waals surface area contributed by atoms with Crippen molar-refractivity contribution in [3.63, 3.8) is 0 Å². The van der Waals surface area contributed by atoms with Gasteiger partial charge in [-0.05, 0) is 12.8 Å². The highest BCUT2D eigenvalue weighted by Crippen LogP contribution is 2.07. The summed E-state index contributed by atoms with van der Waals surface area (Å²) in [4.78, 5) is 2.34. The third-order valence-corrected chi connectivity index (χ3v) is 3.67. The Labute approximate surface area is 104 Å². The summed E-state index contributed by atoms with van der Waals surface area (Å²) in [7, 11) is 0. The number of nitrogens with zero attached hydrogens (tertiary/aromatic N) is 1. The summed E-state index contributed by atoms with van der Waals surface area (Å²) in [6, 6.07) is 0. The number of unbranched alkanes of at least 4 members (excludes halogenated alkanes) is 4. The van der Waals surface area contributed by atoms with E-state index in [1.807, 2.05) is 0 Å². The van der Waals surface area contributed by atoms with Crippen LogP contribution in [0, 0.1) is 0 Å². The van der Waals surface area contributed by atoms with Gasteiger partial charge in [-0.2, -0.15) is 0 Å². The van der Waals surface area contributed by atoms with Gasteiger partial charge in [0.2, 0.25) is 0 Å². The molecule has 0 aliphatic heterocycles. The summed E-state index contributed by atoms with van der Waals surface area (Å²) < 4.78 is 1.02. The first-order chi connectivity index (χ1) is 7.26. The first kappa shape index (κ1) is 15.1. The molecular formula is C12H25NS2. The number of thiocarbonyl (C=S) groups is 1. The van der Waals surface area contributed by atoms with Crippen molar-refractivity contribution in [2.45, 2.75) is 52.4 Å². The molecule has 0 N–H and O–H groups in total. The average Bonchev–Trinajstić information content (AvgIpc) is 2.26. The molecule has 0 aromatic carbocycles. The molecule has 0 saturated carbocycles. The molecule has 0 spiro atoms. The van der Waals surface area contributed by atoms with E-state index < -0.39 is 0 Å². The van der Waals surface area contributed by atoms with Crippen molar-refractivity contribution in [1.29, 1.82) is 0 Å². The summed E-state index contributed by atoms with van der Waals surface area (Å²) >= 11 is 6.33. The first-order valence-corrected chi connectivity index (χ1v) is 7.50. The zero-order valence-corrected chi connectivity index (χ0v) is 11.9. The third kappa shape index (κ3) is 7.97. The van der Waals surface area contributed by atoms with Crippen molar-refractivity contribution >= 4 is 33.8 Å². The summed E-state index contributed by atoms with van der Waals surface area (Å²) in [5.41, 5.74) is 0. The zero-order valence-electron chi connectivity index (χ0n) is 10.2. The van der Waals surface area contributed by atoms with Crippen LogP contribution in [0.5, 0.6) is 0 Å². The Morgan fingerprint density at radius 3 is 1.87 bits per heavy atom. The van der Waals surface area contributed by atoms with Crippen molar-refractivity contribution in [2.75, 3.05) is 13.1 Å². The Morgan fingerprint density at radius 2 is 1.53 bits per heavy atom. The second kappa shape index (κ2) is 10.6. The van der Waals surface area contributed by atoms with E-state index in [4.69, 9.17) is 12.2 Å². The van der Waals surface area contributed by atoms with Crippen LogP contribution in [0.4, 0.5) is 0 Å². The lowest BCUT2D eigenvalue weighted by atomic mass is 10.2. The monoisotopic (exact) mass is 247 g/mol. The van der Waals surface area contributed by atoms with Gasteiger partial charge in [-0.15, -0.1) is 11.4 Å². The maximum absolute atomic E-state index is 5.33. The van der Waals surface area contributed by atoms with Gasteiger partial charge in [0.15, 0.2) is 0 Å². The van der Waals surface area contributed by atoms with Crippen LogP contribution in [0.1, 0.15) is 52.4 Å². The van der Waals surface area contributed by atoms with Crippen molar-refractivity contribution in [3.05, 3.63) is 0 Å². The van der Waals surface area contributed by atoms with Crippen molar-refractivity contribution in [3.8, 4) is 0 Å². The Morgan fingerprint density at radius 1 is 1.07 bits per heavy atom. The fourth-order valence-corrected chi connectivity index (χ4v) is 2.09. The van der Waals surface area contributed by atoms with E-state index in [9.17, 15) is 0 Å². The minimum absolute atomic E-state index is 1.000. The molecule has 0 aliphatic carbocycles. The van der Waals surface area contributed by atoms with Crippen LogP contribution in [0.3, 0.4) is 0 Å². The molecule has 0 saturated heterocycles. The summed E-state index contributed by atoms with van der Waals surface area (Å²) in [5, 5.41) is 0. The molecule has 0 aromatic rings. The van der Waals surface area contributed by atoms with E-state index in [0.29, 0.717) is 0 Å². The van der Waals surface area contributed by atoms with Crippen LogP contribution in [0.15, 0.2) is 0 Å². The molecule has 0 aromatic heterocycles. The molecule has 0 atom stereocenters. The normalized spacial score (nSPS) is 10.3. The Kier molecular flexibility index (Phi) is 10.7. The molecule has 0 aliphatic rings. The lowest BCUT2D eigenvalue weighted by Gasteiger charge is -2.23. The molecular weight excluding hydrogens is 222 g/mol. The molecule has 0 bridgehead atoms. The van der Waals surface area contributed by atoms with Gasteiger partial charge in [0, 0.05) is 13.1 Å². The topological polar surface area (TPSA) is 3.24 Å². The van der Waals surface area contributed by atoms with Crippen LogP contribution in [0.2, 0.25) is 0 Å². The number of rotatable bonds is 8. The summed E-state index contributed by atoms with van der Waals surface area (Å²) in [5.74, 6) is 3.85. The highest BCUT2D eigenvalue weighted by atomic mass is 32.2. The SMILES string of the molecule is C=[SH]C(=S)N(CCCCC)CCCCC. The molecule has 0 amide bonds. The van der Waals surface area contributed by atoms with Crippen LogP contribution < -0.4 is 0 Å². The van der Waals surface area contributed by atoms with E-state index in [-0.39, 0.29) is 0 Å². The number of thiol groups is 1. The maximum Gasteiger partial charge on any atom is 0.127 e. The highest BCUT2D eigenvalue weighted by molar-refractivity contribution is 8.20. The van der Waals surface area contributed by atoms with E-state index >= 15 is 0 Å². The lowest BCUT2D eigenvalue weighted by Crippen LogP contribution is -2.28. The minimum atomic E-state index is 1.000. The minimum Gasteiger partial charge on any atom is -0.358 e. The predicted octanol–water partition coefficient (Wildman–Crippen LogP) is 3.85. The van der Waals surface area contributed by atoms with Crippen LogP contribution in [-0.4, -0.2) is 28.2 Å². The van der Waals surface area contributed by atoms with Gasteiger partial charge in [-0.3, -0.25) is 0 Å². The maximum atomic E-state index is 5.33. The van der Waals surface area contributed by atoms with E-state index in [2.05, 4.69) is 24.6 Å². The van der Waals surface area contributed by atoms with Crippen LogP contribution in [0.25, 0.3) is 0 Å². The quantitative estimate of drug-likeness (QED) is 0.394. The van der Waals surface area contributed by atoms with Gasteiger partial charge in [0.1, 0.15) is 4.32 Å². The predicted molar refractivity (Wildman–Crippen MR) is 79.3 cm³/mol. The molecule has 0 fully saturated rings. The van der Waals surface area contributed by atoms with Crippen molar-refractivity contribution in [2.24, 2.45) is 0 Å². The molecule has 0 heterocycles. The molecule has 1 nitrogen and oxygen atoms in total. The molecule has 90 valence electrons. The van der Waals surface area contributed by atoms with Gasteiger partial charge >= 0.3 is 0 Å². The fraction of sp³-hybridized carbons (Fsp3) is 0.833. The number of hydrogen-bond acceptors (Lipinski definition) is 1.